The van der Waals surface area contributed by atoms with Crippen molar-refractivity contribution in [3.63, 3.8) is 0 Å². The highest BCUT2D eigenvalue weighted by atomic mass is 16.5. The minimum absolute atomic E-state index is 0.156. The molecule has 0 aliphatic rings. The number of ketones is 1. The lowest BCUT2D eigenvalue weighted by Gasteiger charge is -2.15. The number of Topliss-reactive ketones (excluding diaryl/α,β-unsaturated/α-hetero) is 1. The Morgan fingerprint density at radius 1 is 1.11 bits per heavy atom. The molecule has 98 valence electrons. The van der Waals surface area contributed by atoms with Gasteiger partial charge in [-0.15, -0.1) is 0 Å². The predicted molar refractivity (Wildman–Crippen MR) is 77.6 cm³/mol. The van der Waals surface area contributed by atoms with Gasteiger partial charge in [-0.2, -0.15) is 0 Å². The van der Waals surface area contributed by atoms with Crippen LogP contribution in [0.4, 0.5) is 0 Å². The van der Waals surface area contributed by atoms with Crippen LogP contribution in [0.5, 0.6) is 5.75 Å². The number of aryl methyl sites for hydroxylation is 1. The van der Waals surface area contributed by atoms with Crippen molar-refractivity contribution in [2.75, 3.05) is 7.11 Å². The summed E-state index contributed by atoms with van der Waals surface area (Å²) in [6.45, 7) is 3.68. The summed E-state index contributed by atoms with van der Waals surface area (Å²) in [5.74, 6) is 0.969. The molecule has 0 aromatic heterocycles. The summed E-state index contributed by atoms with van der Waals surface area (Å²) in [7, 11) is 1.66. The fraction of sp³-hybridized carbons (Fsp3) is 0.235. The highest BCUT2D eigenvalue weighted by molar-refractivity contribution is 5.84. The average Bonchev–Trinajstić information content (AvgIpc) is 2.39. The van der Waals surface area contributed by atoms with Crippen molar-refractivity contribution in [3.8, 4) is 16.9 Å². The van der Waals surface area contributed by atoms with E-state index >= 15 is 0 Å². The lowest BCUT2D eigenvalue weighted by molar-refractivity contribution is -0.116. The van der Waals surface area contributed by atoms with E-state index in [1.807, 2.05) is 30.3 Å². The molecule has 0 saturated carbocycles. The average molecular weight is 254 g/mol. The smallest absolute Gasteiger partial charge is 0.134 e. The quantitative estimate of drug-likeness (QED) is 0.829. The van der Waals surface area contributed by atoms with E-state index in [4.69, 9.17) is 4.74 Å². The Kier molecular flexibility index (Phi) is 4.00. The Balaban J connectivity index is 2.65. The molecular formula is C17H18O2. The van der Waals surface area contributed by atoms with E-state index in [1.165, 1.54) is 5.56 Å². The van der Waals surface area contributed by atoms with Gasteiger partial charge < -0.3 is 4.74 Å². The first-order valence-electron chi connectivity index (χ1n) is 6.34. The number of rotatable bonds is 4. The van der Waals surface area contributed by atoms with Gasteiger partial charge in [-0.1, -0.05) is 36.4 Å². The van der Waals surface area contributed by atoms with Crippen molar-refractivity contribution < 1.29 is 9.53 Å². The monoisotopic (exact) mass is 254 g/mol. The van der Waals surface area contributed by atoms with E-state index in [0.717, 1.165) is 22.4 Å². The van der Waals surface area contributed by atoms with Gasteiger partial charge in [0.25, 0.3) is 0 Å². The third-order valence-electron chi connectivity index (χ3n) is 3.19. The molecule has 0 atom stereocenters. The SMILES string of the molecule is COc1cccc(CC(C)=O)c1-c1ccccc1C. The summed E-state index contributed by atoms with van der Waals surface area (Å²) in [5.41, 5.74) is 4.34. The molecule has 0 fully saturated rings. The molecule has 2 nitrogen and oxygen atoms in total. The molecule has 0 N–H and O–H groups in total. The van der Waals surface area contributed by atoms with Gasteiger partial charge in [0.1, 0.15) is 11.5 Å². The standard InChI is InChI=1S/C17H18O2/c1-12-7-4-5-9-15(12)17-14(11-13(2)18)8-6-10-16(17)19-3/h4-10H,11H2,1-3H3. The number of methoxy groups -OCH3 is 1. The maximum absolute atomic E-state index is 11.4. The molecule has 19 heavy (non-hydrogen) atoms. The Labute approximate surface area is 114 Å². The van der Waals surface area contributed by atoms with Crippen LogP contribution in [0.2, 0.25) is 0 Å². The summed E-state index contributed by atoms with van der Waals surface area (Å²) in [6, 6.07) is 14.0. The molecule has 2 heteroatoms. The summed E-state index contributed by atoms with van der Waals surface area (Å²) < 4.78 is 5.47. The number of carbonyl (C=O) groups excluding carboxylic acids is 1. The number of hydrogen-bond acceptors (Lipinski definition) is 2. The van der Waals surface area contributed by atoms with E-state index in [2.05, 4.69) is 19.1 Å². The van der Waals surface area contributed by atoms with E-state index < -0.39 is 0 Å². The van der Waals surface area contributed by atoms with Crippen molar-refractivity contribution in [1.82, 2.24) is 0 Å². The first-order chi connectivity index (χ1) is 9.13. The zero-order chi connectivity index (χ0) is 13.8. The van der Waals surface area contributed by atoms with Gasteiger partial charge >= 0.3 is 0 Å². The van der Waals surface area contributed by atoms with E-state index in [-0.39, 0.29) is 5.78 Å². The van der Waals surface area contributed by atoms with Gasteiger partial charge in [0.2, 0.25) is 0 Å². The van der Waals surface area contributed by atoms with Crippen LogP contribution in [0.25, 0.3) is 11.1 Å². The lowest BCUT2D eigenvalue weighted by atomic mass is 9.93. The summed E-state index contributed by atoms with van der Waals surface area (Å²) in [5, 5.41) is 0. The van der Waals surface area contributed by atoms with Gasteiger partial charge in [0.15, 0.2) is 0 Å². The summed E-state index contributed by atoms with van der Waals surface area (Å²) in [6.07, 6.45) is 0.431. The van der Waals surface area contributed by atoms with Gasteiger partial charge in [-0.05, 0) is 36.6 Å². The van der Waals surface area contributed by atoms with Crippen LogP contribution in [0.3, 0.4) is 0 Å². The molecule has 0 aliphatic carbocycles. The fourth-order valence-electron chi connectivity index (χ4n) is 2.32. The van der Waals surface area contributed by atoms with E-state index in [9.17, 15) is 4.79 Å². The van der Waals surface area contributed by atoms with E-state index in [1.54, 1.807) is 14.0 Å². The number of benzene rings is 2. The molecule has 0 heterocycles. The molecule has 0 aliphatic heterocycles. The molecule has 0 unspecified atom stereocenters. The van der Waals surface area contributed by atoms with Crippen LogP contribution >= 0.6 is 0 Å². The third-order valence-corrected chi connectivity index (χ3v) is 3.19. The van der Waals surface area contributed by atoms with Crippen LogP contribution in [0, 0.1) is 6.92 Å². The molecule has 0 spiro atoms. The van der Waals surface area contributed by atoms with Gasteiger partial charge in [-0.25, -0.2) is 0 Å². The zero-order valence-electron chi connectivity index (χ0n) is 11.6. The molecular weight excluding hydrogens is 236 g/mol. The summed E-state index contributed by atoms with van der Waals surface area (Å²) in [4.78, 5) is 11.4. The van der Waals surface area contributed by atoms with Crippen molar-refractivity contribution in [2.24, 2.45) is 0 Å². The van der Waals surface area contributed by atoms with Crippen molar-refractivity contribution in [1.29, 1.82) is 0 Å². The topological polar surface area (TPSA) is 26.3 Å². The van der Waals surface area contributed by atoms with Crippen molar-refractivity contribution in [3.05, 3.63) is 53.6 Å². The second-order valence-electron chi connectivity index (χ2n) is 4.69. The minimum Gasteiger partial charge on any atom is -0.496 e. The molecule has 2 aromatic carbocycles. The van der Waals surface area contributed by atoms with Crippen molar-refractivity contribution in [2.45, 2.75) is 20.3 Å². The maximum atomic E-state index is 11.4. The Hall–Kier alpha value is -2.09. The van der Waals surface area contributed by atoms with Gasteiger partial charge in [-0.3, -0.25) is 4.79 Å². The third kappa shape index (κ3) is 2.84. The largest absolute Gasteiger partial charge is 0.496 e. The lowest BCUT2D eigenvalue weighted by Crippen LogP contribution is -2.01. The van der Waals surface area contributed by atoms with E-state index in [0.29, 0.717) is 6.42 Å². The second-order valence-corrected chi connectivity index (χ2v) is 4.69. The zero-order valence-corrected chi connectivity index (χ0v) is 11.6. The fourth-order valence-corrected chi connectivity index (χ4v) is 2.32. The van der Waals surface area contributed by atoms with Crippen LogP contribution in [-0.4, -0.2) is 12.9 Å². The summed E-state index contributed by atoms with van der Waals surface area (Å²) >= 11 is 0. The first kappa shape index (κ1) is 13.3. The van der Waals surface area contributed by atoms with Crippen molar-refractivity contribution >= 4 is 5.78 Å². The number of hydrogen-bond donors (Lipinski definition) is 0. The number of ether oxygens (including phenoxy) is 1. The number of carbonyl (C=O) groups is 1. The molecule has 0 radical (unpaired) electrons. The molecule has 2 aromatic rings. The van der Waals surface area contributed by atoms with Gasteiger partial charge in [0, 0.05) is 12.0 Å². The van der Waals surface area contributed by atoms with Crippen LogP contribution in [0.15, 0.2) is 42.5 Å². The van der Waals surface area contributed by atoms with Crippen LogP contribution < -0.4 is 4.74 Å². The maximum Gasteiger partial charge on any atom is 0.134 e. The molecule has 2 rings (SSSR count). The van der Waals surface area contributed by atoms with Crippen LogP contribution in [0.1, 0.15) is 18.1 Å². The highest BCUT2D eigenvalue weighted by Crippen LogP contribution is 2.35. The van der Waals surface area contributed by atoms with Gasteiger partial charge in [0.05, 0.1) is 7.11 Å². The van der Waals surface area contributed by atoms with Crippen LogP contribution in [-0.2, 0) is 11.2 Å². The normalized spacial score (nSPS) is 10.3. The first-order valence-corrected chi connectivity index (χ1v) is 6.34. The highest BCUT2D eigenvalue weighted by Gasteiger charge is 2.14. The Morgan fingerprint density at radius 2 is 1.84 bits per heavy atom. The minimum atomic E-state index is 0.156. The second kappa shape index (κ2) is 5.70. The molecule has 0 bridgehead atoms. The molecule has 0 saturated heterocycles. The molecule has 0 amide bonds. The predicted octanol–water partition coefficient (Wildman–Crippen LogP) is 3.80. The Bertz CT molecular complexity index is 600. The Morgan fingerprint density at radius 3 is 2.47 bits per heavy atom.